The Morgan fingerprint density at radius 1 is 1.17 bits per heavy atom. The highest BCUT2D eigenvalue weighted by Gasteiger charge is 2.44. The Bertz CT molecular complexity index is 1440. The van der Waals surface area contributed by atoms with E-state index >= 15 is 0 Å². The molecule has 2 aromatic heterocycles. The van der Waals surface area contributed by atoms with Gasteiger partial charge in [0.05, 0.1) is 17.4 Å². The summed E-state index contributed by atoms with van der Waals surface area (Å²) >= 11 is 0. The van der Waals surface area contributed by atoms with E-state index in [2.05, 4.69) is 51.9 Å². The summed E-state index contributed by atoms with van der Waals surface area (Å²) in [5.74, 6) is 5.98. The normalized spacial score (nSPS) is 21.9. The Kier molecular flexibility index (Phi) is 5.91. The Balaban J connectivity index is 1.42. The van der Waals surface area contributed by atoms with Gasteiger partial charge in [-0.2, -0.15) is 5.10 Å². The predicted octanol–water partition coefficient (Wildman–Crippen LogP) is 3.74. The molecule has 2 aliphatic rings. The summed E-state index contributed by atoms with van der Waals surface area (Å²) in [7, 11) is 1.75. The quantitative estimate of drug-likeness (QED) is 0.512. The SMILES string of the molecule is CC#CCn1cc2c(n1)c(N1C[C@@H](C)N(C(C)c3ccc4c(c3)OC(F)(F)O4)C[C@@H]1C)cc(=O)n2C. The van der Waals surface area contributed by atoms with Crippen LogP contribution in [0.25, 0.3) is 11.0 Å². The summed E-state index contributed by atoms with van der Waals surface area (Å²) in [6.07, 6.45) is -1.77. The van der Waals surface area contributed by atoms with Gasteiger partial charge in [-0.15, -0.1) is 14.7 Å². The van der Waals surface area contributed by atoms with Crippen LogP contribution >= 0.6 is 0 Å². The number of pyridine rings is 1. The summed E-state index contributed by atoms with van der Waals surface area (Å²) < 4.78 is 39.5. The fourth-order valence-electron chi connectivity index (χ4n) is 5.15. The zero-order valence-electron chi connectivity index (χ0n) is 21.0. The minimum atomic E-state index is -3.63. The van der Waals surface area contributed by atoms with Crippen molar-refractivity contribution in [2.75, 3.05) is 18.0 Å². The van der Waals surface area contributed by atoms with Gasteiger partial charge in [-0.25, -0.2) is 0 Å². The molecule has 0 N–H and O–H groups in total. The third-order valence-corrected chi connectivity index (χ3v) is 7.10. The molecule has 36 heavy (non-hydrogen) atoms. The average molecular weight is 498 g/mol. The number of aryl methyl sites for hydroxylation is 1. The van der Waals surface area contributed by atoms with Crippen LogP contribution in [0.2, 0.25) is 0 Å². The van der Waals surface area contributed by atoms with Crippen molar-refractivity contribution < 1.29 is 18.3 Å². The number of fused-ring (bicyclic) bond motifs is 2. The highest BCUT2D eigenvalue weighted by Crippen LogP contribution is 2.43. The third-order valence-electron chi connectivity index (χ3n) is 7.10. The van der Waals surface area contributed by atoms with Crippen LogP contribution in [-0.2, 0) is 13.6 Å². The molecule has 190 valence electrons. The second-order valence-electron chi connectivity index (χ2n) is 9.51. The summed E-state index contributed by atoms with van der Waals surface area (Å²) in [6, 6.07) is 6.78. The van der Waals surface area contributed by atoms with E-state index in [1.54, 1.807) is 41.4 Å². The molecule has 1 saturated heterocycles. The van der Waals surface area contributed by atoms with Gasteiger partial charge in [0, 0.05) is 44.3 Å². The smallest absolute Gasteiger partial charge is 0.395 e. The van der Waals surface area contributed by atoms with Crippen LogP contribution < -0.4 is 19.9 Å². The van der Waals surface area contributed by atoms with E-state index in [1.165, 1.54) is 6.07 Å². The molecule has 0 bridgehead atoms. The molecular formula is C26H29F2N5O3. The minimum Gasteiger partial charge on any atom is -0.395 e. The molecule has 4 heterocycles. The first-order valence-electron chi connectivity index (χ1n) is 12.0. The maximum Gasteiger partial charge on any atom is 0.586 e. The van der Waals surface area contributed by atoms with E-state index < -0.39 is 6.29 Å². The maximum absolute atomic E-state index is 13.5. The van der Waals surface area contributed by atoms with Gasteiger partial charge in [0.15, 0.2) is 11.5 Å². The van der Waals surface area contributed by atoms with Crippen molar-refractivity contribution in [1.82, 2.24) is 19.2 Å². The molecule has 0 saturated carbocycles. The van der Waals surface area contributed by atoms with Gasteiger partial charge in [0.2, 0.25) is 0 Å². The van der Waals surface area contributed by atoms with E-state index in [4.69, 9.17) is 5.10 Å². The van der Waals surface area contributed by atoms with Crippen molar-refractivity contribution in [3.63, 3.8) is 0 Å². The number of rotatable bonds is 4. The molecule has 0 amide bonds. The molecule has 2 aliphatic heterocycles. The molecule has 1 aromatic carbocycles. The molecular weight excluding hydrogens is 468 g/mol. The molecule has 0 radical (unpaired) electrons. The van der Waals surface area contributed by atoms with Crippen LogP contribution in [0.4, 0.5) is 14.5 Å². The molecule has 1 fully saturated rings. The Morgan fingerprint density at radius 3 is 2.67 bits per heavy atom. The zero-order valence-corrected chi connectivity index (χ0v) is 21.0. The van der Waals surface area contributed by atoms with Crippen LogP contribution in [0.1, 0.15) is 39.3 Å². The van der Waals surface area contributed by atoms with Crippen LogP contribution in [0.5, 0.6) is 11.5 Å². The number of ether oxygens (including phenoxy) is 2. The maximum atomic E-state index is 13.5. The van der Waals surface area contributed by atoms with Crippen LogP contribution in [0, 0.1) is 11.8 Å². The van der Waals surface area contributed by atoms with Gasteiger partial charge in [0.1, 0.15) is 12.1 Å². The average Bonchev–Trinajstić information content (AvgIpc) is 3.39. The van der Waals surface area contributed by atoms with E-state index in [0.717, 1.165) is 22.3 Å². The van der Waals surface area contributed by atoms with Crippen molar-refractivity contribution in [3.05, 3.63) is 46.4 Å². The first-order valence-corrected chi connectivity index (χ1v) is 12.0. The molecule has 1 unspecified atom stereocenters. The monoisotopic (exact) mass is 497 g/mol. The second kappa shape index (κ2) is 8.82. The van der Waals surface area contributed by atoms with Gasteiger partial charge in [-0.1, -0.05) is 12.0 Å². The fraction of sp³-hybridized carbons (Fsp3) is 0.462. The lowest BCUT2D eigenvalue weighted by molar-refractivity contribution is -0.286. The highest BCUT2D eigenvalue weighted by molar-refractivity contribution is 5.88. The van der Waals surface area contributed by atoms with Gasteiger partial charge >= 0.3 is 6.29 Å². The van der Waals surface area contributed by atoms with Gasteiger partial charge < -0.3 is 18.9 Å². The number of hydrogen-bond donors (Lipinski definition) is 0. The predicted molar refractivity (Wildman–Crippen MR) is 132 cm³/mol. The molecule has 0 spiro atoms. The Labute approximate surface area is 208 Å². The largest absolute Gasteiger partial charge is 0.586 e. The number of anilines is 1. The van der Waals surface area contributed by atoms with E-state index in [1.807, 2.05) is 6.20 Å². The fourth-order valence-corrected chi connectivity index (χ4v) is 5.15. The van der Waals surface area contributed by atoms with Crippen molar-refractivity contribution >= 4 is 16.7 Å². The number of halogens is 2. The topological polar surface area (TPSA) is 64.8 Å². The highest BCUT2D eigenvalue weighted by atomic mass is 19.3. The van der Waals surface area contributed by atoms with E-state index in [-0.39, 0.29) is 35.2 Å². The van der Waals surface area contributed by atoms with Crippen molar-refractivity contribution in [2.45, 2.75) is 58.7 Å². The molecule has 3 aromatic rings. The Hall–Kier alpha value is -3.58. The van der Waals surface area contributed by atoms with Crippen molar-refractivity contribution in [3.8, 4) is 23.3 Å². The van der Waals surface area contributed by atoms with E-state index in [0.29, 0.717) is 19.6 Å². The second-order valence-corrected chi connectivity index (χ2v) is 9.51. The first-order chi connectivity index (χ1) is 17.1. The summed E-state index contributed by atoms with van der Waals surface area (Å²) in [5.41, 5.74) is 3.13. The van der Waals surface area contributed by atoms with Crippen LogP contribution in [-0.4, -0.2) is 50.7 Å². The number of nitrogens with zero attached hydrogens (tertiary/aromatic N) is 5. The van der Waals surface area contributed by atoms with Crippen molar-refractivity contribution in [2.24, 2.45) is 7.05 Å². The van der Waals surface area contributed by atoms with Gasteiger partial charge in [-0.05, 0) is 45.4 Å². The summed E-state index contributed by atoms with van der Waals surface area (Å²) in [4.78, 5) is 17.4. The molecule has 0 aliphatic carbocycles. The molecule has 8 nitrogen and oxygen atoms in total. The number of hydrogen-bond acceptors (Lipinski definition) is 6. The molecule has 5 rings (SSSR count). The third kappa shape index (κ3) is 4.17. The molecule has 3 atom stereocenters. The number of alkyl halides is 2. The Morgan fingerprint density at radius 2 is 1.92 bits per heavy atom. The van der Waals surface area contributed by atoms with Gasteiger partial charge in [-0.3, -0.25) is 14.4 Å². The summed E-state index contributed by atoms with van der Waals surface area (Å²) in [5, 5.41) is 4.75. The number of aromatic nitrogens is 3. The van der Waals surface area contributed by atoms with Gasteiger partial charge in [0.25, 0.3) is 5.56 Å². The standard InChI is InChI=1S/C26H29F2N5O3/c1-6-7-10-31-15-21-25(29-31)20(12-24(34)30(21)5)33-14-16(2)32(13-17(33)3)18(4)19-8-9-22-23(11-19)36-26(27,28)35-22/h8-9,11-12,15-18H,10,13-14H2,1-5H3/t16-,17+,18?/m1/s1. The number of benzene rings is 1. The zero-order chi connectivity index (χ0) is 25.8. The summed E-state index contributed by atoms with van der Waals surface area (Å²) in [6.45, 7) is 9.94. The lowest BCUT2D eigenvalue weighted by Gasteiger charge is -2.47. The lowest BCUT2D eigenvalue weighted by atomic mass is 10.00. The van der Waals surface area contributed by atoms with Crippen LogP contribution in [0.3, 0.4) is 0 Å². The minimum absolute atomic E-state index is 0.0387. The molecule has 10 heteroatoms. The van der Waals surface area contributed by atoms with Crippen molar-refractivity contribution in [1.29, 1.82) is 0 Å². The lowest BCUT2D eigenvalue weighted by Crippen LogP contribution is -2.57. The van der Waals surface area contributed by atoms with Crippen LogP contribution in [0.15, 0.2) is 35.3 Å². The van der Waals surface area contributed by atoms with E-state index in [9.17, 15) is 13.6 Å². The number of piperazine rings is 1. The first kappa shape index (κ1) is 24.1.